The standard InChI is InChI=1S/C29H28O6/c1-29(2,3)22-12-15-24-21(16-22)17-25(34-24)26(35-28(31)19-8-6-5-7-9-19)18-33-23-13-10-20(11-14-23)27(30)32-4/h5-17,26H,18H2,1-4H3. The monoisotopic (exact) mass is 472 g/mol. The SMILES string of the molecule is COC(=O)c1ccc(OCC(OC(=O)c2ccccc2)c2cc3cc(C(C)(C)C)ccc3o2)cc1. The summed E-state index contributed by atoms with van der Waals surface area (Å²) in [5.74, 6) is 0.102. The van der Waals surface area contributed by atoms with Crippen LogP contribution in [0, 0.1) is 0 Å². The number of rotatable bonds is 7. The van der Waals surface area contributed by atoms with Crippen LogP contribution in [0.2, 0.25) is 0 Å². The fraction of sp³-hybridized carbons (Fsp3) is 0.241. The van der Waals surface area contributed by atoms with Gasteiger partial charge in [-0.15, -0.1) is 0 Å². The van der Waals surface area contributed by atoms with Crippen LogP contribution in [-0.2, 0) is 14.9 Å². The topological polar surface area (TPSA) is 75.0 Å². The Morgan fingerprint density at radius 1 is 0.857 bits per heavy atom. The summed E-state index contributed by atoms with van der Waals surface area (Å²) in [5, 5.41) is 0.926. The average Bonchev–Trinajstić information content (AvgIpc) is 3.29. The number of carbonyl (C=O) groups is 2. The highest BCUT2D eigenvalue weighted by Crippen LogP contribution is 2.31. The third kappa shape index (κ3) is 5.72. The smallest absolute Gasteiger partial charge is 0.338 e. The quantitative estimate of drug-likeness (QED) is 0.286. The lowest BCUT2D eigenvalue weighted by molar-refractivity contribution is 0.0107. The van der Waals surface area contributed by atoms with Gasteiger partial charge in [-0.2, -0.15) is 0 Å². The molecule has 1 atom stereocenters. The molecular formula is C29H28O6. The first kappa shape index (κ1) is 24.1. The van der Waals surface area contributed by atoms with E-state index in [1.165, 1.54) is 12.7 Å². The van der Waals surface area contributed by atoms with E-state index in [0.717, 1.165) is 5.39 Å². The molecule has 0 radical (unpaired) electrons. The van der Waals surface area contributed by atoms with Crippen molar-refractivity contribution in [2.45, 2.75) is 32.3 Å². The molecule has 0 fully saturated rings. The van der Waals surface area contributed by atoms with Crippen LogP contribution in [-0.4, -0.2) is 25.7 Å². The van der Waals surface area contributed by atoms with Crippen molar-refractivity contribution in [1.29, 1.82) is 0 Å². The lowest BCUT2D eigenvalue weighted by Gasteiger charge is -2.18. The van der Waals surface area contributed by atoms with E-state index in [-0.39, 0.29) is 12.0 Å². The number of ether oxygens (including phenoxy) is 3. The number of furan rings is 1. The zero-order chi connectivity index (χ0) is 25.0. The van der Waals surface area contributed by atoms with E-state index < -0.39 is 18.0 Å². The zero-order valence-corrected chi connectivity index (χ0v) is 20.2. The minimum atomic E-state index is -0.784. The van der Waals surface area contributed by atoms with E-state index in [2.05, 4.69) is 26.8 Å². The lowest BCUT2D eigenvalue weighted by Crippen LogP contribution is -2.18. The third-order valence-electron chi connectivity index (χ3n) is 5.65. The summed E-state index contributed by atoms with van der Waals surface area (Å²) in [6.07, 6.45) is -0.784. The van der Waals surface area contributed by atoms with Crippen molar-refractivity contribution in [2.24, 2.45) is 0 Å². The van der Waals surface area contributed by atoms with E-state index in [1.807, 2.05) is 24.3 Å². The van der Waals surface area contributed by atoms with Gasteiger partial charge in [-0.05, 0) is 65.6 Å². The van der Waals surface area contributed by atoms with Crippen LogP contribution in [0.15, 0.2) is 83.3 Å². The summed E-state index contributed by atoms with van der Waals surface area (Å²) in [4.78, 5) is 24.5. The highest BCUT2D eigenvalue weighted by Gasteiger charge is 2.24. The highest BCUT2D eigenvalue weighted by molar-refractivity contribution is 5.90. The van der Waals surface area contributed by atoms with Gasteiger partial charge in [-0.25, -0.2) is 9.59 Å². The number of hydrogen-bond acceptors (Lipinski definition) is 6. The van der Waals surface area contributed by atoms with Crippen LogP contribution in [0.1, 0.15) is 58.9 Å². The number of esters is 2. The fourth-order valence-corrected chi connectivity index (χ4v) is 3.61. The van der Waals surface area contributed by atoms with Gasteiger partial charge in [-0.1, -0.05) is 45.0 Å². The molecule has 0 aliphatic rings. The van der Waals surface area contributed by atoms with E-state index >= 15 is 0 Å². The van der Waals surface area contributed by atoms with E-state index in [1.54, 1.807) is 48.5 Å². The molecule has 0 aliphatic heterocycles. The number of hydrogen-bond donors (Lipinski definition) is 0. The summed E-state index contributed by atoms with van der Waals surface area (Å²) in [6.45, 7) is 6.48. The summed E-state index contributed by atoms with van der Waals surface area (Å²) in [5.41, 5.74) is 2.72. The Bertz CT molecular complexity index is 1310. The molecule has 0 N–H and O–H groups in total. The molecule has 180 valence electrons. The molecule has 1 aromatic heterocycles. The molecule has 6 nitrogen and oxygen atoms in total. The van der Waals surface area contributed by atoms with Crippen molar-refractivity contribution in [3.63, 3.8) is 0 Å². The van der Waals surface area contributed by atoms with Gasteiger partial charge >= 0.3 is 11.9 Å². The molecule has 0 saturated heterocycles. The second-order valence-corrected chi connectivity index (χ2v) is 9.24. The van der Waals surface area contributed by atoms with Crippen LogP contribution in [0.3, 0.4) is 0 Å². The zero-order valence-electron chi connectivity index (χ0n) is 20.2. The highest BCUT2D eigenvalue weighted by atomic mass is 16.6. The van der Waals surface area contributed by atoms with Gasteiger partial charge in [0.05, 0.1) is 18.2 Å². The van der Waals surface area contributed by atoms with Gasteiger partial charge in [0.25, 0.3) is 0 Å². The van der Waals surface area contributed by atoms with Gasteiger partial charge in [0.15, 0.2) is 6.10 Å². The summed E-state index contributed by atoms with van der Waals surface area (Å²) in [6, 6.07) is 23.3. The Kier molecular flexibility index (Phi) is 6.92. The number of benzene rings is 3. The molecule has 6 heteroatoms. The molecule has 0 aliphatic carbocycles. The predicted octanol–water partition coefficient (Wildman–Crippen LogP) is 6.49. The van der Waals surface area contributed by atoms with Crippen LogP contribution < -0.4 is 4.74 Å². The minimum Gasteiger partial charge on any atom is -0.489 e. The summed E-state index contributed by atoms with van der Waals surface area (Å²) >= 11 is 0. The summed E-state index contributed by atoms with van der Waals surface area (Å²) in [7, 11) is 1.33. The second-order valence-electron chi connectivity index (χ2n) is 9.24. The predicted molar refractivity (Wildman–Crippen MR) is 133 cm³/mol. The van der Waals surface area contributed by atoms with Crippen LogP contribution in [0.4, 0.5) is 0 Å². The second kappa shape index (κ2) is 10.1. The van der Waals surface area contributed by atoms with Gasteiger partial charge in [0.1, 0.15) is 23.7 Å². The Labute approximate surface area is 204 Å². The van der Waals surface area contributed by atoms with Crippen LogP contribution in [0.25, 0.3) is 11.0 Å². The molecule has 0 spiro atoms. The van der Waals surface area contributed by atoms with Gasteiger partial charge < -0.3 is 18.6 Å². The molecule has 0 saturated carbocycles. The van der Waals surface area contributed by atoms with Gasteiger partial charge in [0.2, 0.25) is 0 Å². The number of fused-ring (bicyclic) bond motifs is 1. The molecule has 3 aromatic carbocycles. The van der Waals surface area contributed by atoms with Gasteiger partial charge in [-0.3, -0.25) is 0 Å². The van der Waals surface area contributed by atoms with Crippen molar-refractivity contribution < 1.29 is 28.2 Å². The first-order chi connectivity index (χ1) is 16.7. The Balaban J connectivity index is 1.59. The van der Waals surface area contributed by atoms with Crippen LogP contribution >= 0.6 is 0 Å². The first-order valence-corrected chi connectivity index (χ1v) is 11.4. The van der Waals surface area contributed by atoms with Crippen molar-refractivity contribution in [2.75, 3.05) is 13.7 Å². The molecule has 1 unspecified atom stereocenters. The van der Waals surface area contributed by atoms with E-state index in [4.69, 9.17) is 18.6 Å². The van der Waals surface area contributed by atoms with Gasteiger partial charge in [0, 0.05) is 5.39 Å². The maximum atomic E-state index is 12.8. The Hall–Kier alpha value is -4.06. The van der Waals surface area contributed by atoms with Crippen molar-refractivity contribution in [1.82, 2.24) is 0 Å². The number of carbonyl (C=O) groups excluding carboxylic acids is 2. The molecule has 1 heterocycles. The normalized spacial score (nSPS) is 12.2. The minimum absolute atomic E-state index is 0.00965. The fourth-order valence-electron chi connectivity index (χ4n) is 3.61. The maximum Gasteiger partial charge on any atom is 0.338 e. The maximum absolute atomic E-state index is 12.8. The molecule has 35 heavy (non-hydrogen) atoms. The largest absolute Gasteiger partial charge is 0.489 e. The molecule has 0 amide bonds. The third-order valence-corrected chi connectivity index (χ3v) is 5.65. The Morgan fingerprint density at radius 3 is 2.20 bits per heavy atom. The molecule has 4 aromatic rings. The number of methoxy groups -OCH3 is 1. The molecule has 0 bridgehead atoms. The van der Waals surface area contributed by atoms with Crippen molar-refractivity contribution in [3.8, 4) is 5.75 Å². The Morgan fingerprint density at radius 2 is 1.54 bits per heavy atom. The van der Waals surface area contributed by atoms with Crippen molar-refractivity contribution in [3.05, 3.63) is 101 Å². The molecular weight excluding hydrogens is 444 g/mol. The first-order valence-electron chi connectivity index (χ1n) is 11.4. The van der Waals surface area contributed by atoms with Crippen LogP contribution in [0.5, 0.6) is 5.75 Å². The molecule has 4 rings (SSSR count). The summed E-state index contributed by atoms with van der Waals surface area (Å²) < 4.78 is 22.5. The van der Waals surface area contributed by atoms with E-state index in [9.17, 15) is 9.59 Å². The van der Waals surface area contributed by atoms with Crippen molar-refractivity contribution >= 4 is 22.9 Å². The average molecular weight is 473 g/mol. The van der Waals surface area contributed by atoms with E-state index in [0.29, 0.717) is 28.2 Å². The lowest BCUT2D eigenvalue weighted by atomic mass is 9.86.